The van der Waals surface area contributed by atoms with Crippen molar-refractivity contribution in [2.75, 3.05) is 13.1 Å². The van der Waals surface area contributed by atoms with Crippen molar-refractivity contribution in [3.8, 4) is 0 Å². The highest BCUT2D eigenvalue weighted by Gasteiger charge is 2.03. The van der Waals surface area contributed by atoms with Gasteiger partial charge in [0.05, 0.1) is 0 Å². The number of nitrogens with zero attached hydrogens (tertiary/aromatic N) is 1. The van der Waals surface area contributed by atoms with E-state index >= 15 is 0 Å². The summed E-state index contributed by atoms with van der Waals surface area (Å²) in [5.41, 5.74) is 2.88. The highest BCUT2D eigenvalue weighted by Crippen LogP contribution is 2.08. The lowest BCUT2D eigenvalue weighted by Gasteiger charge is -2.21. The van der Waals surface area contributed by atoms with Crippen molar-refractivity contribution >= 4 is 15.7 Å². The van der Waals surface area contributed by atoms with Crippen molar-refractivity contribution in [1.29, 1.82) is 0 Å². The molecule has 0 saturated carbocycles. The van der Waals surface area contributed by atoms with Gasteiger partial charge in [0, 0.05) is 6.54 Å². The third kappa shape index (κ3) is 4.44. The zero-order valence-electron chi connectivity index (χ0n) is 11.0. The molecule has 1 rings (SSSR count). The van der Waals surface area contributed by atoms with E-state index in [1.54, 1.807) is 0 Å². The molecule has 0 saturated heterocycles. The van der Waals surface area contributed by atoms with Crippen LogP contribution in [0.5, 0.6) is 0 Å². The number of hydrogen-bond acceptors (Lipinski definition) is 1. The minimum atomic E-state index is 1.10. The van der Waals surface area contributed by atoms with Gasteiger partial charge in [0.25, 0.3) is 0 Å². The topological polar surface area (TPSA) is 3.24 Å². The molecule has 0 aliphatic carbocycles. The summed E-state index contributed by atoms with van der Waals surface area (Å²) in [6.07, 6.45) is 3.62. The molecule has 3 heteroatoms. The van der Waals surface area contributed by atoms with Gasteiger partial charge in [-0.1, -0.05) is 43.8 Å². The SMILES string of the molecule is BCCN(CCB)Cc1ccc(CC)cc1. The van der Waals surface area contributed by atoms with Gasteiger partial charge in [-0.15, -0.1) is 0 Å². The van der Waals surface area contributed by atoms with Gasteiger partial charge in [-0.25, -0.2) is 0 Å². The van der Waals surface area contributed by atoms with Crippen LogP contribution in [-0.2, 0) is 13.0 Å². The Morgan fingerprint density at radius 3 is 1.88 bits per heavy atom. The maximum absolute atomic E-state index is 2.54. The number of hydrogen-bond donors (Lipinski definition) is 0. The summed E-state index contributed by atoms with van der Waals surface area (Å²) in [6, 6.07) is 9.06. The second-order valence-electron chi connectivity index (χ2n) is 4.45. The fourth-order valence-electron chi connectivity index (χ4n) is 2.04. The van der Waals surface area contributed by atoms with E-state index in [9.17, 15) is 0 Å². The molecule has 0 aromatic heterocycles. The van der Waals surface area contributed by atoms with Crippen molar-refractivity contribution < 1.29 is 0 Å². The van der Waals surface area contributed by atoms with E-state index in [0.717, 1.165) is 13.0 Å². The van der Waals surface area contributed by atoms with Crippen molar-refractivity contribution in [3.63, 3.8) is 0 Å². The molecule has 0 radical (unpaired) electrons. The normalized spacial score (nSPS) is 10.9. The summed E-state index contributed by atoms with van der Waals surface area (Å²) in [4.78, 5) is 2.54. The van der Waals surface area contributed by atoms with Crippen LogP contribution in [0.3, 0.4) is 0 Å². The molecule has 0 N–H and O–H groups in total. The molecule has 1 nitrogen and oxygen atoms in total. The molecule has 1 aromatic rings. The number of benzene rings is 1. The Bertz CT molecular complexity index is 278. The monoisotopic (exact) mass is 215 g/mol. The molecule has 0 atom stereocenters. The van der Waals surface area contributed by atoms with Gasteiger partial charge in [-0.05, 0) is 30.6 Å². The summed E-state index contributed by atoms with van der Waals surface area (Å²) in [6.45, 7) is 5.73. The zero-order valence-corrected chi connectivity index (χ0v) is 11.0. The first-order valence-corrected chi connectivity index (χ1v) is 6.60. The molecule has 1 aromatic carbocycles. The van der Waals surface area contributed by atoms with Crippen molar-refractivity contribution in [2.24, 2.45) is 0 Å². The molecule has 0 fully saturated rings. The smallest absolute Gasteiger partial charge is 0.103 e. The van der Waals surface area contributed by atoms with Crippen LogP contribution in [0, 0.1) is 0 Å². The van der Waals surface area contributed by atoms with E-state index in [1.807, 2.05) is 0 Å². The minimum Gasteiger partial charge on any atom is -0.300 e. The molecule has 0 bridgehead atoms. The third-order valence-electron chi connectivity index (χ3n) is 2.92. The Balaban J connectivity index is 2.54. The number of rotatable bonds is 7. The van der Waals surface area contributed by atoms with Gasteiger partial charge >= 0.3 is 0 Å². The summed E-state index contributed by atoms with van der Waals surface area (Å²) >= 11 is 0. The summed E-state index contributed by atoms with van der Waals surface area (Å²) in [5.74, 6) is 0. The largest absolute Gasteiger partial charge is 0.300 e. The van der Waals surface area contributed by atoms with E-state index in [-0.39, 0.29) is 0 Å². The molecule has 0 spiro atoms. The Hall–Kier alpha value is -0.690. The Labute approximate surface area is 102 Å². The average molecular weight is 215 g/mol. The highest BCUT2D eigenvalue weighted by atomic mass is 15.1. The fourth-order valence-corrected chi connectivity index (χ4v) is 2.04. The lowest BCUT2D eigenvalue weighted by Crippen LogP contribution is -2.25. The zero-order chi connectivity index (χ0) is 11.8. The minimum absolute atomic E-state index is 1.10. The quantitative estimate of drug-likeness (QED) is 0.616. The first kappa shape index (κ1) is 13.4. The summed E-state index contributed by atoms with van der Waals surface area (Å²) < 4.78 is 0. The van der Waals surface area contributed by atoms with E-state index in [2.05, 4.69) is 51.8 Å². The van der Waals surface area contributed by atoms with Crippen LogP contribution >= 0.6 is 0 Å². The Morgan fingerprint density at radius 1 is 0.938 bits per heavy atom. The highest BCUT2D eigenvalue weighted by molar-refractivity contribution is 6.09. The van der Waals surface area contributed by atoms with Gasteiger partial charge < -0.3 is 4.90 Å². The molecule has 86 valence electrons. The second-order valence-corrected chi connectivity index (χ2v) is 4.45. The molecule has 0 aliphatic heterocycles. The van der Waals surface area contributed by atoms with Crippen LogP contribution in [0.1, 0.15) is 18.1 Å². The molecule has 16 heavy (non-hydrogen) atoms. The Morgan fingerprint density at radius 2 is 1.44 bits per heavy atom. The lowest BCUT2D eigenvalue weighted by atomic mass is 10.0. The van der Waals surface area contributed by atoms with Crippen LogP contribution in [0.4, 0.5) is 0 Å². The molecular formula is C13H23B2N. The molecular weight excluding hydrogens is 192 g/mol. The van der Waals surface area contributed by atoms with Crippen molar-refractivity contribution in [1.82, 2.24) is 4.90 Å². The standard InChI is InChI=1S/C13H23B2N/c1-2-12-3-5-13(6-4-12)11-16(9-7-14)10-8-15/h3-6H,2,7-11,14-15H2,1H3. The van der Waals surface area contributed by atoms with Crippen LogP contribution < -0.4 is 0 Å². The maximum Gasteiger partial charge on any atom is 0.103 e. The van der Waals surface area contributed by atoms with Crippen LogP contribution in [0.15, 0.2) is 24.3 Å². The third-order valence-corrected chi connectivity index (χ3v) is 2.92. The fraction of sp³-hybridized carbons (Fsp3) is 0.538. The molecule has 0 amide bonds. The van der Waals surface area contributed by atoms with Crippen LogP contribution in [0.25, 0.3) is 0 Å². The summed E-state index contributed by atoms with van der Waals surface area (Å²) in [5, 5.41) is 0. The predicted molar refractivity (Wildman–Crippen MR) is 77.8 cm³/mol. The van der Waals surface area contributed by atoms with Crippen LogP contribution in [0.2, 0.25) is 12.6 Å². The molecule has 0 aliphatic rings. The Kier molecular flexibility index (Phi) is 6.32. The average Bonchev–Trinajstić information content (AvgIpc) is 2.31. The second kappa shape index (κ2) is 7.56. The molecule has 0 unspecified atom stereocenters. The van der Waals surface area contributed by atoms with E-state index in [4.69, 9.17) is 0 Å². The van der Waals surface area contributed by atoms with Crippen LogP contribution in [-0.4, -0.2) is 33.7 Å². The van der Waals surface area contributed by atoms with E-state index in [0.29, 0.717) is 0 Å². The van der Waals surface area contributed by atoms with Gasteiger partial charge in [0.15, 0.2) is 0 Å². The van der Waals surface area contributed by atoms with Gasteiger partial charge in [0.1, 0.15) is 15.7 Å². The predicted octanol–water partition coefficient (Wildman–Crippen LogP) is 1.15. The van der Waals surface area contributed by atoms with Gasteiger partial charge in [0.2, 0.25) is 0 Å². The van der Waals surface area contributed by atoms with E-state index in [1.165, 1.54) is 36.9 Å². The lowest BCUT2D eigenvalue weighted by molar-refractivity contribution is 0.296. The summed E-state index contributed by atoms with van der Waals surface area (Å²) in [7, 11) is 4.51. The van der Waals surface area contributed by atoms with Gasteiger partial charge in [-0.3, -0.25) is 0 Å². The van der Waals surface area contributed by atoms with E-state index < -0.39 is 0 Å². The number of aryl methyl sites for hydroxylation is 1. The van der Waals surface area contributed by atoms with Crippen molar-refractivity contribution in [3.05, 3.63) is 35.4 Å². The maximum atomic E-state index is 2.54. The first-order valence-electron chi connectivity index (χ1n) is 6.60. The van der Waals surface area contributed by atoms with Crippen molar-refractivity contribution in [2.45, 2.75) is 32.5 Å². The van der Waals surface area contributed by atoms with Gasteiger partial charge in [-0.2, -0.15) is 0 Å². The first-order chi connectivity index (χ1) is 7.80. The molecule has 0 heterocycles.